The molecular weight excluding hydrogens is 260 g/mol. The first kappa shape index (κ1) is 13.9. The van der Waals surface area contributed by atoms with Crippen LogP contribution in [0.5, 0.6) is 0 Å². The van der Waals surface area contributed by atoms with Crippen LogP contribution < -0.4 is 0 Å². The summed E-state index contributed by atoms with van der Waals surface area (Å²) in [4.78, 5) is 23.0. The Balaban J connectivity index is 0.000000184. The lowest BCUT2D eigenvalue weighted by Crippen LogP contribution is -2.03. The van der Waals surface area contributed by atoms with Gasteiger partial charge in [-0.25, -0.2) is 9.59 Å². The van der Waals surface area contributed by atoms with Gasteiger partial charge in [-0.05, 0) is 18.2 Å². The Hall–Kier alpha value is -2.21. The topological polar surface area (TPSA) is 95.3 Å². The highest BCUT2D eigenvalue weighted by atomic mass is 35.5. The van der Waals surface area contributed by atoms with Crippen LogP contribution in [-0.4, -0.2) is 31.7 Å². The van der Waals surface area contributed by atoms with Crippen LogP contribution in [0.4, 0.5) is 0 Å². The van der Waals surface area contributed by atoms with E-state index in [-0.39, 0.29) is 16.4 Å². The molecule has 0 atom stereocenters. The van der Waals surface area contributed by atoms with E-state index in [4.69, 9.17) is 21.8 Å². The highest BCUT2D eigenvalue weighted by Gasteiger charge is 2.11. The second-order valence-electron chi connectivity index (χ2n) is 3.32. The van der Waals surface area contributed by atoms with E-state index >= 15 is 0 Å². The smallest absolute Gasteiger partial charge is 0.354 e. The predicted molar refractivity (Wildman–Crippen MR) is 65.1 cm³/mol. The van der Waals surface area contributed by atoms with Gasteiger partial charge in [0.15, 0.2) is 0 Å². The second-order valence-corrected chi connectivity index (χ2v) is 3.72. The van der Waals surface area contributed by atoms with E-state index in [1.165, 1.54) is 10.6 Å². The number of halogens is 1. The molecule has 0 spiro atoms. The van der Waals surface area contributed by atoms with Gasteiger partial charge in [-0.2, -0.15) is 0 Å². The third-order valence-electron chi connectivity index (χ3n) is 2.05. The zero-order chi connectivity index (χ0) is 13.7. The van der Waals surface area contributed by atoms with E-state index in [1.54, 1.807) is 31.6 Å². The lowest BCUT2D eigenvalue weighted by molar-refractivity contribution is 0.0678. The first-order valence-electron chi connectivity index (χ1n) is 4.84. The Labute approximate surface area is 107 Å². The quantitative estimate of drug-likeness (QED) is 0.778. The van der Waals surface area contributed by atoms with Crippen molar-refractivity contribution in [1.82, 2.24) is 9.55 Å². The van der Waals surface area contributed by atoms with Crippen LogP contribution in [0.2, 0.25) is 5.02 Å². The summed E-state index contributed by atoms with van der Waals surface area (Å²) in [5.74, 6) is -1.92. The Morgan fingerprint density at radius 3 is 2.17 bits per heavy atom. The fourth-order valence-corrected chi connectivity index (χ4v) is 1.49. The van der Waals surface area contributed by atoms with Gasteiger partial charge in [0, 0.05) is 19.4 Å². The van der Waals surface area contributed by atoms with E-state index in [9.17, 15) is 9.59 Å². The molecule has 2 aromatic heterocycles. The maximum Gasteiger partial charge on any atom is 0.354 e. The van der Waals surface area contributed by atoms with Crippen molar-refractivity contribution in [3.8, 4) is 0 Å². The molecule has 0 fully saturated rings. The molecule has 18 heavy (non-hydrogen) atoms. The van der Waals surface area contributed by atoms with Crippen LogP contribution in [0.3, 0.4) is 0 Å². The number of hydrogen-bond acceptors (Lipinski definition) is 2. The third kappa shape index (κ3) is 3.39. The number of aromatic nitrogens is 2. The van der Waals surface area contributed by atoms with Gasteiger partial charge in [-0.1, -0.05) is 11.6 Å². The van der Waals surface area contributed by atoms with Crippen LogP contribution >= 0.6 is 11.6 Å². The zero-order valence-corrected chi connectivity index (χ0v) is 10.2. The second kappa shape index (κ2) is 5.92. The van der Waals surface area contributed by atoms with Gasteiger partial charge in [0.05, 0.1) is 5.02 Å². The molecule has 2 heterocycles. The minimum atomic E-state index is -1.00. The van der Waals surface area contributed by atoms with E-state index in [2.05, 4.69) is 4.98 Å². The van der Waals surface area contributed by atoms with Crippen molar-refractivity contribution in [3.05, 3.63) is 47.0 Å². The van der Waals surface area contributed by atoms with Crippen LogP contribution in [0, 0.1) is 0 Å². The zero-order valence-electron chi connectivity index (χ0n) is 9.42. The number of aromatic carboxylic acids is 2. The molecule has 3 N–H and O–H groups in total. The third-order valence-corrected chi connectivity index (χ3v) is 2.36. The lowest BCUT2D eigenvalue weighted by atomic mass is 10.4. The standard InChI is InChI=1S/C6H6ClNO2.C5H5NO2/c1-8-3-2-4(7)5(8)6(9)10;7-5(8)4-2-1-3-6-4/h2-3H,1H3,(H,9,10);1-3,6H,(H,7,8). The van der Waals surface area contributed by atoms with Crippen LogP contribution in [0.1, 0.15) is 21.0 Å². The van der Waals surface area contributed by atoms with E-state index in [0.717, 1.165) is 0 Å². The number of carboxylic acid groups (broad SMARTS) is 2. The van der Waals surface area contributed by atoms with Gasteiger partial charge >= 0.3 is 11.9 Å². The molecule has 0 aliphatic rings. The van der Waals surface area contributed by atoms with Crippen molar-refractivity contribution < 1.29 is 19.8 Å². The number of carboxylic acids is 2. The summed E-state index contributed by atoms with van der Waals surface area (Å²) in [6.07, 6.45) is 3.18. The van der Waals surface area contributed by atoms with Gasteiger partial charge in [-0.15, -0.1) is 0 Å². The fraction of sp³-hybridized carbons (Fsp3) is 0.0909. The Bertz CT molecular complexity index is 526. The van der Waals surface area contributed by atoms with E-state index in [0.29, 0.717) is 0 Å². The van der Waals surface area contributed by atoms with Crippen LogP contribution in [0.15, 0.2) is 30.6 Å². The Morgan fingerprint density at radius 1 is 1.28 bits per heavy atom. The average molecular weight is 271 g/mol. The first-order chi connectivity index (χ1) is 8.43. The summed E-state index contributed by atoms with van der Waals surface area (Å²) in [5, 5.41) is 17.0. The molecule has 0 aromatic carbocycles. The molecule has 0 aliphatic heterocycles. The van der Waals surface area contributed by atoms with Crippen molar-refractivity contribution in [2.24, 2.45) is 7.05 Å². The van der Waals surface area contributed by atoms with Gasteiger partial charge in [-0.3, -0.25) is 0 Å². The van der Waals surface area contributed by atoms with Gasteiger partial charge < -0.3 is 19.8 Å². The summed E-state index contributed by atoms with van der Waals surface area (Å²) >= 11 is 5.54. The number of aromatic amines is 1. The number of hydrogen-bond donors (Lipinski definition) is 3. The molecule has 96 valence electrons. The average Bonchev–Trinajstić information content (AvgIpc) is 2.89. The van der Waals surface area contributed by atoms with E-state index in [1.807, 2.05) is 0 Å². The van der Waals surface area contributed by atoms with Gasteiger partial charge in [0.2, 0.25) is 0 Å². The molecule has 2 aromatic rings. The van der Waals surface area contributed by atoms with Crippen molar-refractivity contribution in [2.75, 3.05) is 0 Å². The minimum Gasteiger partial charge on any atom is -0.477 e. The summed E-state index contributed by atoms with van der Waals surface area (Å²) in [5.41, 5.74) is 0.353. The molecule has 2 rings (SSSR count). The SMILES string of the molecule is Cn1ccc(Cl)c1C(=O)O.O=C(O)c1ccc[nH]1. The maximum absolute atomic E-state index is 10.4. The number of aryl methyl sites for hydroxylation is 1. The van der Waals surface area contributed by atoms with Crippen LogP contribution in [-0.2, 0) is 7.05 Å². The number of rotatable bonds is 2. The van der Waals surface area contributed by atoms with E-state index < -0.39 is 11.9 Å². The first-order valence-corrected chi connectivity index (χ1v) is 5.22. The molecule has 6 nitrogen and oxygen atoms in total. The normalized spacial score (nSPS) is 9.44. The van der Waals surface area contributed by atoms with Crippen molar-refractivity contribution in [2.45, 2.75) is 0 Å². The Kier molecular flexibility index (Phi) is 4.56. The van der Waals surface area contributed by atoms with Crippen molar-refractivity contribution >= 4 is 23.5 Å². The Morgan fingerprint density at radius 2 is 1.94 bits per heavy atom. The summed E-state index contributed by atoms with van der Waals surface area (Å²) in [7, 11) is 1.63. The molecule has 0 radical (unpaired) electrons. The lowest BCUT2D eigenvalue weighted by Gasteiger charge is -1.95. The largest absolute Gasteiger partial charge is 0.477 e. The van der Waals surface area contributed by atoms with Crippen molar-refractivity contribution in [1.29, 1.82) is 0 Å². The molecule has 0 amide bonds. The number of nitrogens with zero attached hydrogens (tertiary/aromatic N) is 1. The molecule has 0 unspecified atom stereocenters. The maximum atomic E-state index is 10.4. The number of nitrogens with one attached hydrogen (secondary N) is 1. The highest BCUT2D eigenvalue weighted by Crippen LogP contribution is 2.15. The van der Waals surface area contributed by atoms with Crippen molar-refractivity contribution in [3.63, 3.8) is 0 Å². The molecule has 0 aliphatic carbocycles. The van der Waals surface area contributed by atoms with Gasteiger partial charge in [0.1, 0.15) is 11.4 Å². The summed E-state index contributed by atoms with van der Waals surface area (Å²) < 4.78 is 1.46. The molecule has 0 bridgehead atoms. The summed E-state index contributed by atoms with van der Waals surface area (Å²) in [6.45, 7) is 0. The highest BCUT2D eigenvalue weighted by molar-refractivity contribution is 6.33. The molecular formula is C11H11ClN2O4. The monoisotopic (exact) mass is 270 g/mol. The number of H-pyrrole nitrogens is 1. The summed E-state index contributed by atoms with van der Waals surface area (Å²) in [6, 6.07) is 4.69. The molecule has 0 saturated heterocycles. The molecule has 7 heteroatoms. The predicted octanol–water partition coefficient (Wildman–Crippen LogP) is 2.09. The minimum absolute atomic E-state index is 0.127. The number of carbonyl (C=O) groups is 2. The van der Waals surface area contributed by atoms with Crippen LogP contribution in [0.25, 0.3) is 0 Å². The van der Waals surface area contributed by atoms with Gasteiger partial charge in [0.25, 0.3) is 0 Å². The fourth-order valence-electron chi connectivity index (χ4n) is 1.22. The molecule has 0 saturated carbocycles.